The fourth-order valence-electron chi connectivity index (χ4n) is 3.20. The molecule has 1 fully saturated rings. The van der Waals surface area contributed by atoms with Gasteiger partial charge in [0, 0.05) is 42.9 Å². The zero-order valence-corrected chi connectivity index (χ0v) is 14.2. The molecular weight excluding hydrogens is 282 g/mol. The van der Waals surface area contributed by atoms with Crippen molar-refractivity contribution in [1.29, 1.82) is 0 Å². The molecule has 0 bridgehead atoms. The number of piperidine rings is 1. The third kappa shape index (κ3) is 4.35. The fraction of sp³-hybridized carbons (Fsp3) is 0.647. The Labute approximate surface area is 134 Å². The van der Waals surface area contributed by atoms with Crippen molar-refractivity contribution in [3.8, 4) is 0 Å². The van der Waals surface area contributed by atoms with Gasteiger partial charge in [-0.05, 0) is 50.4 Å². The molecule has 4 heteroatoms. The second-order valence-electron chi connectivity index (χ2n) is 6.23. The zero-order valence-electron chi connectivity index (χ0n) is 13.5. The summed E-state index contributed by atoms with van der Waals surface area (Å²) in [5.41, 5.74) is 8.53. The largest absolute Gasteiger partial charge is 0.371 e. The van der Waals surface area contributed by atoms with Gasteiger partial charge >= 0.3 is 0 Å². The highest BCUT2D eigenvalue weighted by molar-refractivity contribution is 6.30. The van der Waals surface area contributed by atoms with Gasteiger partial charge in [-0.1, -0.05) is 24.6 Å². The summed E-state index contributed by atoms with van der Waals surface area (Å²) in [5.74, 6) is 0. The Balaban J connectivity index is 2.14. The maximum Gasteiger partial charge on any atom is 0.0426 e. The molecule has 3 nitrogen and oxygen atoms in total. The quantitative estimate of drug-likeness (QED) is 0.907. The van der Waals surface area contributed by atoms with E-state index in [0.29, 0.717) is 6.04 Å². The molecule has 1 aliphatic rings. The van der Waals surface area contributed by atoms with Crippen LogP contribution in [-0.4, -0.2) is 43.7 Å². The lowest BCUT2D eigenvalue weighted by atomic mass is 9.99. The molecule has 0 radical (unpaired) electrons. The number of anilines is 1. The summed E-state index contributed by atoms with van der Waals surface area (Å²) < 4.78 is 0. The zero-order chi connectivity index (χ0) is 15.4. The van der Waals surface area contributed by atoms with Gasteiger partial charge in [0.1, 0.15) is 0 Å². The average Bonchev–Trinajstić information content (AvgIpc) is 2.48. The summed E-state index contributed by atoms with van der Waals surface area (Å²) in [6, 6.07) is 6.94. The molecule has 2 N–H and O–H groups in total. The van der Waals surface area contributed by atoms with Crippen molar-refractivity contribution in [2.45, 2.75) is 45.2 Å². The van der Waals surface area contributed by atoms with Crippen LogP contribution in [0.3, 0.4) is 0 Å². The predicted octanol–water partition coefficient (Wildman–Crippen LogP) is 3.15. The molecule has 0 saturated carbocycles. The number of halogens is 1. The average molecular weight is 310 g/mol. The van der Waals surface area contributed by atoms with Crippen LogP contribution in [-0.2, 0) is 6.42 Å². The van der Waals surface area contributed by atoms with Gasteiger partial charge < -0.3 is 15.5 Å². The fourth-order valence-corrected chi connectivity index (χ4v) is 3.37. The normalized spacial score (nSPS) is 18.7. The molecule has 1 aromatic carbocycles. The van der Waals surface area contributed by atoms with Crippen LogP contribution >= 0.6 is 11.6 Å². The highest BCUT2D eigenvalue weighted by Crippen LogP contribution is 2.29. The summed E-state index contributed by atoms with van der Waals surface area (Å²) in [7, 11) is 2.20. The number of benzene rings is 1. The second-order valence-corrected chi connectivity index (χ2v) is 6.67. The van der Waals surface area contributed by atoms with Crippen LogP contribution in [0.5, 0.6) is 0 Å². The maximum atomic E-state index is 6.22. The number of nitrogens with two attached hydrogens (primary N) is 1. The summed E-state index contributed by atoms with van der Waals surface area (Å²) in [5, 5.41) is 0.802. The highest BCUT2D eigenvalue weighted by atomic mass is 35.5. The van der Waals surface area contributed by atoms with Crippen LogP contribution in [0.2, 0.25) is 5.02 Å². The summed E-state index contributed by atoms with van der Waals surface area (Å²) in [4.78, 5) is 4.93. The van der Waals surface area contributed by atoms with Crippen LogP contribution in [0, 0.1) is 0 Å². The Morgan fingerprint density at radius 1 is 1.38 bits per heavy atom. The Morgan fingerprint density at radius 2 is 2.05 bits per heavy atom. The van der Waals surface area contributed by atoms with E-state index in [9.17, 15) is 0 Å². The molecule has 1 aliphatic heterocycles. The monoisotopic (exact) mass is 309 g/mol. The topological polar surface area (TPSA) is 32.5 Å². The molecule has 0 aromatic heterocycles. The van der Waals surface area contributed by atoms with E-state index in [0.717, 1.165) is 18.0 Å². The molecule has 1 aromatic rings. The van der Waals surface area contributed by atoms with E-state index in [2.05, 4.69) is 42.8 Å². The molecular formula is C17H28ClN3. The number of hydrogen-bond acceptors (Lipinski definition) is 3. The van der Waals surface area contributed by atoms with Gasteiger partial charge in [0.2, 0.25) is 0 Å². The van der Waals surface area contributed by atoms with Crippen molar-refractivity contribution in [2.75, 3.05) is 31.6 Å². The third-order valence-electron chi connectivity index (χ3n) is 4.52. The van der Waals surface area contributed by atoms with Crippen LogP contribution in [0.15, 0.2) is 18.2 Å². The van der Waals surface area contributed by atoms with Gasteiger partial charge in [0.05, 0.1) is 0 Å². The van der Waals surface area contributed by atoms with E-state index in [1.807, 2.05) is 6.07 Å². The van der Waals surface area contributed by atoms with E-state index >= 15 is 0 Å². The van der Waals surface area contributed by atoms with Crippen molar-refractivity contribution >= 4 is 17.3 Å². The molecule has 1 unspecified atom stereocenters. The second kappa shape index (κ2) is 7.48. The molecule has 1 atom stereocenters. The van der Waals surface area contributed by atoms with Gasteiger partial charge in [-0.15, -0.1) is 0 Å². The lowest BCUT2D eigenvalue weighted by Crippen LogP contribution is -2.43. The number of likely N-dealkylation sites (tertiary alicyclic amines) is 1. The first-order valence-electron chi connectivity index (χ1n) is 8.00. The first-order chi connectivity index (χ1) is 10.0. The Hall–Kier alpha value is -0.770. The molecule has 1 heterocycles. The number of hydrogen-bond donors (Lipinski definition) is 1. The van der Waals surface area contributed by atoms with Gasteiger partial charge in [-0.2, -0.15) is 0 Å². The molecule has 0 spiro atoms. The Bertz CT molecular complexity index is 453. The molecule has 118 valence electrons. The molecule has 2 rings (SSSR count). The van der Waals surface area contributed by atoms with Gasteiger partial charge in [0.15, 0.2) is 0 Å². The van der Waals surface area contributed by atoms with Crippen LogP contribution in [0.1, 0.15) is 32.3 Å². The van der Waals surface area contributed by atoms with Gasteiger partial charge in [-0.25, -0.2) is 0 Å². The van der Waals surface area contributed by atoms with Crippen LogP contribution in [0.25, 0.3) is 0 Å². The minimum Gasteiger partial charge on any atom is -0.371 e. The SMILES string of the molecule is CCN1CCC(N(C)c2cc(Cl)ccc2CC(C)N)CC1. The molecule has 21 heavy (non-hydrogen) atoms. The molecule has 1 saturated heterocycles. The lowest BCUT2D eigenvalue weighted by Gasteiger charge is -2.38. The van der Waals surface area contributed by atoms with Gasteiger partial charge in [0.25, 0.3) is 0 Å². The van der Waals surface area contributed by atoms with Crippen molar-refractivity contribution in [3.63, 3.8) is 0 Å². The third-order valence-corrected chi connectivity index (χ3v) is 4.76. The lowest BCUT2D eigenvalue weighted by molar-refractivity contribution is 0.221. The van der Waals surface area contributed by atoms with Crippen molar-refractivity contribution in [2.24, 2.45) is 5.73 Å². The van der Waals surface area contributed by atoms with Crippen molar-refractivity contribution in [3.05, 3.63) is 28.8 Å². The van der Waals surface area contributed by atoms with Crippen LogP contribution in [0.4, 0.5) is 5.69 Å². The van der Waals surface area contributed by atoms with Gasteiger partial charge in [-0.3, -0.25) is 0 Å². The van der Waals surface area contributed by atoms with E-state index in [4.69, 9.17) is 17.3 Å². The Kier molecular flexibility index (Phi) is 5.91. The van der Waals surface area contributed by atoms with Crippen molar-refractivity contribution < 1.29 is 0 Å². The maximum absolute atomic E-state index is 6.22. The smallest absolute Gasteiger partial charge is 0.0426 e. The molecule has 0 aliphatic carbocycles. The minimum atomic E-state index is 0.167. The van der Waals surface area contributed by atoms with E-state index < -0.39 is 0 Å². The number of nitrogens with zero attached hydrogens (tertiary/aromatic N) is 2. The van der Waals surface area contributed by atoms with E-state index in [1.165, 1.54) is 37.2 Å². The highest BCUT2D eigenvalue weighted by Gasteiger charge is 2.23. The summed E-state index contributed by atoms with van der Waals surface area (Å²) in [6.45, 7) is 7.83. The molecule has 0 amide bonds. The van der Waals surface area contributed by atoms with Crippen LogP contribution < -0.4 is 10.6 Å². The van der Waals surface area contributed by atoms with Crippen molar-refractivity contribution in [1.82, 2.24) is 4.90 Å². The standard InChI is InChI=1S/C17H28ClN3/c1-4-21-9-7-16(8-10-21)20(3)17-12-15(18)6-5-14(17)11-13(2)19/h5-6,12-13,16H,4,7-11,19H2,1-3H3. The Morgan fingerprint density at radius 3 is 2.62 bits per heavy atom. The van der Waals surface area contributed by atoms with E-state index in [1.54, 1.807) is 0 Å². The first kappa shape index (κ1) is 16.6. The summed E-state index contributed by atoms with van der Waals surface area (Å²) >= 11 is 6.22. The summed E-state index contributed by atoms with van der Waals surface area (Å²) in [6.07, 6.45) is 3.33. The minimum absolute atomic E-state index is 0.167. The predicted molar refractivity (Wildman–Crippen MR) is 92.3 cm³/mol. The van der Waals surface area contributed by atoms with E-state index in [-0.39, 0.29) is 6.04 Å². The number of rotatable bonds is 5. The first-order valence-corrected chi connectivity index (χ1v) is 8.38.